The molecule has 1 aliphatic carbocycles. The first-order valence-electron chi connectivity index (χ1n) is 5.68. The van der Waals surface area contributed by atoms with Crippen LogP contribution < -0.4 is 5.69 Å². The molecule has 6 heteroatoms. The largest absolute Gasteiger partial charge is 0.374 e. The third kappa shape index (κ3) is 1.05. The van der Waals surface area contributed by atoms with Gasteiger partial charge in [0.05, 0.1) is 5.56 Å². The molecule has 0 saturated carbocycles. The van der Waals surface area contributed by atoms with Gasteiger partial charge in [-0.3, -0.25) is 9.78 Å². The smallest absolute Gasteiger partial charge is 0.346 e. The third-order valence-electron chi connectivity index (χ3n) is 3.52. The SMILES string of the molecule is O=C1C2=Nc3[nH]c(=O)ncc3[C@]2(O)c2ccccc21. The topological polar surface area (TPSA) is 95.4 Å². The quantitative estimate of drug-likeness (QED) is 0.705. The number of H-pyrrole nitrogens is 1. The normalized spacial score (nSPS) is 22.8. The van der Waals surface area contributed by atoms with Gasteiger partial charge in [0.2, 0.25) is 5.78 Å². The molecule has 1 atom stereocenters. The molecule has 0 spiro atoms. The fourth-order valence-corrected chi connectivity index (χ4v) is 2.67. The summed E-state index contributed by atoms with van der Waals surface area (Å²) in [5.41, 5.74) is -0.896. The van der Waals surface area contributed by atoms with Crippen LogP contribution in [0.1, 0.15) is 21.5 Å². The Morgan fingerprint density at radius 2 is 1.95 bits per heavy atom. The van der Waals surface area contributed by atoms with Crippen LogP contribution in [-0.2, 0) is 5.60 Å². The molecule has 2 heterocycles. The van der Waals surface area contributed by atoms with Crippen LogP contribution in [0.3, 0.4) is 0 Å². The maximum atomic E-state index is 12.2. The number of carbonyl (C=O) groups excluding carboxylic acids is 1. The number of benzene rings is 1. The summed E-state index contributed by atoms with van der Waals surface area (Å²) < 4.78 is 0. The molecule has 2 aromatic rings. The number of ketones is 1. The van der Waals surface area contributed by atoms with Crippen molar-refractivity contribution in [3.8, 4) is 0 Å². The summed E-state index contributed by atoms with van der Waals surface area (Å²) in [7, 11) is 0. The Morgan fingerprint density at radius 1 is 1.16 bits per heavy atom. The molecular weight excluding hydrogens is 246 g/mol. The average Bonchev–Trinajstić information content (AvgIpc) is 2.81. The Bertz CT molecular complexity index is 837. The number of carbonyl (C=O) groups is 1. The molecule has 2 aliphatic rings. The monoisotopic (exact) mass is 253 g/mol. The van der Waals surface area contributed by atoms with Gasteiger partial charge >= 0.3 is 5.69 Å². The molecular formula is C13H7N3O3. The number of nitrogens with zero attached hydrogens (tertiary/aromatic N) is 2. The number of aromatic amines is 1. The zero-order valence-electron chi connectivity index (χ0n) is 9.54. The van der Waals surface area contributed by atoms with Crippen molar-refractivity contribution in [1.29, 1.82) is 0 Å². The number of aromatic nitrogens is 2. The fourth-order valence-electron chi connectivity index (χ4n) is 2.67. The number of hydrogen-bond acceptors (Lipinski definition) is 5. The predicted molar refractivity (Wildman–Crippen MR) is 65.7 cm³/mol. The van der Waals surface area contributed by atoms with Crippen molar-refractivity contribution in [3.63, 3.8) is 0 Å². The predicted octanol–water partition coefficient (Wildman–Crippen LogP) is 0.288. The van der Waals surface area contributed by atoms with Gasteiger partial charge in [-0.1, -0.05) is 24.3 Å². The second-order valence-corrected chi connectivity index (χ2v) is 4.50. The Balaban J connectivity index is 2.11. The van der Waals surface area contributed by atoms with E-state index in [-0.39, 0.29) is 17.3 Å². The van der Waals surface area contributed by atoms with E-state index in [2.05, 4.69) is 15.0 Å². The summed E-state index contributed by atoms with van der Waals surface area (Å²) in [6, 6.07) is 6.79. The Labute approximate surface area is 106 Å². The van der Waals surface area contributed by atoms with Crippen LogP contribution in [0.15, 0.2) is 40.2 Å². The number of aliphatic imine (C=N–C) groups is 1. The van der Waals surface area contributed by atoms with Crippen LogP contribution in [-0.4, -0.2) is 26.6 Å². The van der Waals surface area contributed by atoms with E-state index >= 15 is 0 Å². The van der Waals surface area contributed by atoms with Crippen LogP contribution in [0.4, 0.5) is 5.82 Å². The van der Waals surface area contributed by atoms with Gasteiger partial charge in [-0.15, -0.1) is 0 Å². The minimum absolute atomic E-state index is 0.0207. The molecule has 0 unspecified atom stereocenters. The summed E-state index contributed by atoms with van der Waals surface area (Å²) in [6.45, 7) is 0. The summed E-state index contributed by atoms with van der Waals surface area (Å²) >= 11 is 0. The van der Waals surface area contributed by atoms with Crippen LogP contribution in [0.25, 0.3) is 0 Å². The van der Waals surface area contributed by atoms with Crippen LogP contribution >= 0.6 is 0 Å². The molecule has 1 aromatic carbocycles. The van der Waals surface area contributed by atoms with Crippen molar-refractivity contribution in [2.45, 2.75) is 5.60 Å². The van der Waals surface area contributed by atoms with E-state index in [0.717, 1.165) is 0 Å². The maximum Gasteiger partial charge on any atom is 0.346 e. The highest BCUT2D eigenvalue weighted by Gasteiger charge is 2.54. The van der Waals surface area contributed by atoms with Gasteiger partial charge < -0.3 is 5.11 Å². The summed E-state index contributed by atoms with van der Waals surface area (Å²) in [5.74, 6) is -0.129. The average molecular weight is 253 g/mol. The number of nitrogens with one attached hydrogen (secondary N) is 1. The summed E-state index contributed by atoms with van der Waals surface area (Å²) in [6.07, 6.45) is 1.26. The Morgan fingerprint density at radius 3 is 2.79 bits per heavy atom. The van der Waals surface area contributed by atoms with Crippen LogP contribution in [0.2, 0.25) is 0 Å². The molecule has 2 N–H and O–H groups in total. The first-order valence-corrected chi connectivity index (χ1v) is 5.68. The van der Waals surface area contributed by atoms with Crippen molar-refractivity contribution in [3.05, 3.63) is 57.6 Å². The first kappa shape index (κ1) is 10.3. The van der Waals surface area contributed by atoms with E-state index in [9.17, 15) is 14.7 Å². The van der Waals surface area contributed by atoms with E-state index in [1.807, 2.05) is 0 Å². The molecule has 0 fully saturated rings. The van der Waals surface area contributed by atoms with E-state index in [1.165, 1.54) is 6.20 Å². The minimum atomic E-state index is -1.60. The second kappa shape index (κ2) is 3.04. The number of hydrogen-bond donors (Lipinski definition) is 2. The van der Waals surface area contributed by atoms with Gasteiger partial charge in [0.15, 0.2) is 5.60 Å². The molecule has 0 amide bonds. The van der Waals surface area contributed by atoms with Crippen molar-refractivity contribution in [2.24, 2.45) is 4.99 Å². The Hall–Kier alpha value is -2.60. The molecule has 6 nitrogen and oxygen atoms in total. The minimum Gasteiger partial charge on any atom is -0.374 e. The summed E-state index contributed by atoms with van der Waals surface area (Å²) in [4.78, 5) is 33.5. The number of rotatable bonds is 0. The molecule has 1 aromatic heterocycles. The van der Waals surface area contributed by atoms with E-state index in [1.54, 1.807) is 24.3 Å². The van der Waals surface area contributed by atoms with Gasteiger partial charge in [-0.05, 0) is 0 Å². The molecule has 19 heavy (non-hydrogen) atoms. The van der Waals surface area contributed by atoms with E-state index in [4.69, 9.17) is 0 Å². The highest BCUT2D eigenvalue weighted by Crippen LogP contribution is 2.47. The molecule has 4 rings (SSSR count). The molecule has 0 saturated heterocycles. The fraction of sp³-hybridized carbons (Fsp3) is 0.0769. The van der Waals surface area contributed by atoms with Crippen LogP contribution in [0.5, 0.6) is 0 Å². The number of Topliss-reactive ketones (excluding diaryl/α,β-unsaturated/α-hetero) is 1. The van der Waals surface area contributed by atoms with Gasteiger partial charge in [-0.25, -0.2) is 14.8 Å². The standard InChI is InChI=1S/C13H7N3O3/c17-9-6-3-1-2-4-7(6)13(19)8-5-14-12(18)16-11(8)15-10(9)13/h1-5,19H,(H,14,16,18)/t13-/m1/s1. The van der Waals surface area contributed by atoms with Gasteiger partial charge in [0, 0.05) is 17.3 Å². The number of fused-ring (bicyclic) bond motifs is 5. The Kier molecular flexibility index (Phi) is 1.65. The maximum absolute atomic E-state index is 12.2. The highest BCUT2D eigenvalue weighted by atomic mass is 16.3. The summed E-state index contributed by atoms with van der Waals surface area (Å²) in [5, 5.41) is 10.9. The van der Waals surface area contributed by atoms with Gasteiger partial charge in [0.25, 0.3) is 0 Å². The van der Waals surface area contributed by atoms with Crippen molar-refractivity contribution >= 4 is 17.3 Å². The van der Waals surface area contributed by atoms with E-state index < -0.39 is 11.3 Å². The molecule has 1 aliphatic heterocycles. The van der Waals surface area contributed by atoms with Crippen molar-refractivity contribution in [1.82, 2.24) is 9.97 Å². The molecule has 0 radical (unpaired) electrons. The van der Waals surface area contributed by atoms with Crippen LogP contribution in [0, 0.1) is 0 Å². The van der Waals surface area contributed by atoms with Gasteiger partial charge in [0.1, 0.15) is 11.5 Å². The zero-order chi connectivity index (χ0) is 13.2. The second-order valence-electron chi connectivity index (χ2n) is 4.50. The molecule has 92 valence electrons. The lowest BCUT2D eigenvalue weighted by Crippen LogP contribution is -2.32. The lowest BCUT2D eigenvalue weighted by Gasteiger charge is -2.19. The van der Waals surface area contributed by atoms with Gasteiger partial charge in [-0.2, -0.15) is 0 Å². The molecule has 0 bridgehead atoms. The lowest BCUT2D eigenvalue weighted by atomic mass is 9.90. The zero-order valence-corrected chi connectivity index (χ0v) is 9.54. The van der Waals surface area contributed by atoms with Crippen molar-refractivity contribution < 1.29 is 9.90 Å². The highest BCUT2D eigenvalue weighted by molar-refractivity contribution is 6.53. The first-order chi connectivity index (χ1) is 9.12. The van der Waals surface area contributed by atoms with E-state index in [0.29, 0.717) is 16.7 Å². The number of aliphatic hydroxyl groups is 1. The third-order valence-corrected chi connectivity index (χ3v) is 3.52. The van der Waals surface area contributed by atoms with Crippen molar-refractivity contribution in [2.75, 3.05) is 0 Å². The lowest BCUT2D eigenvalue weighted by molar-refractivity contribution is 0.105.